The van der Waals surface area contributed by atoms with Crippen molar-refractivity contribution in [2.24, 2.45) is 0 Å². The van der Waals surface area contributed by atoms with E-state index in [9.17, 15) is 8.42 Å². The number of fused-ring (bicyclic) bond motifs is 1. The summed E-state index contributed by atoms with van der Waals surface area (Å²) in [5, 5.41) is 14.0. The zero-order valence-electron chi connectivity index (χ0n) is 13.8. The smallest absolute Gasteiger partial charge is 0.207 e. The predicted octanol–water partition coefficient (Wildman–Crippen LogP) is 2.70. The summed E-state index contributed by atoms with van der Waals surface area (Å²) in [7, 11) is -2.05. The van der Waals surface area contributed by atoms with E-state index >= 15 is 0 Å². The highest BCUT2D eigenvalue weighted by atomic mass is 32.2. The summed E-state index contributed by atoms with van der Waals surface area (Å²) < 4.78 is 29.9. The third-order valence-corrected chi connectivity index (χ3v) is 6.91. The second-order valence-corrected chi connectivity index (χ2v) is 8.73. The molecule has 0 unspecified atom stereocenters. The number of nitrogens with zero attached hydrogens (tertiary/aromatic N) is 5. The maximum atomic E-state index is 13.0. The van der Waals surface area contributed by atoms with Gasteiger partial charge in [-0.3, -0.25) is 0 Å². The molecule has 0 saturated heterocycles. The van der Waals surface area contributed by atoms with Crippen molar-refractivity contribution in [1.29, 1.82) is 0 Å². The van der Waals surface area contributed by atoms with Gasteiger partial charge in [-0.05, 0) is 51.0 Å². The molecule has 0 saturated carbocycles. The summed E-state index contributed by atoms with van der Waals surface area (Å²) in [6.07, 6.45) is 1.42. The molecular formula is C17H15N5O2S2. The summed E-state index contributed by atoms with van der Waals surface area (Å²) in [4.78, 5) is 0.201. The first kappa shape index (κ1) is 16.8. The molecule has 2 aromatic carbocycles. The Morgan fingerprint density at radius 1 is 1.15 bits per heavy atom. The molecule has 0 fully saturated rings. The Kier molecular flexibility index (Phi) is 4.27. The fourth-order valence-corrected chi connectivity index (χ4v) is 4.87. The van der Waals surface area contributed by atoms with E-state index in [2.05, 4.69) is 15.5 Å². The van der Waals surface area contributed by atoms with Crippen LogP contribution in [0, 0.1) is 0 Å². The van der Waals surface area contributed by atoms with Gasteiger partial charge in [0.15, 0.2) is 0 Å². The van der Waals surface area contributed by atoms with Crippen molar-refractivity contribution >= 4 is 31.4 Å². The highest BCUT2D eigenvalue weighted by molar-refractivity contribution is 7.89. The van der Waals surface area contributed by atoms with Crippen molar-refractivity contribution in [1.82, 2.24) is 24.5 Å². The lowest BCUT2D eigenvalue weighted by molar-refractivity contribution is 0.468. The van der Waals surface area contributed by atoms with E-state index in [-0.39, 0.29) is 4.90 Å². The topological polar surface area (TPSA) is 81.0 Å². The second kappa shape index (κ2) is 6.60. The van der Waals surface area contributed by atoms with Crippen LogP contribution in [-0.2, 0) is 16.6 Å². The molecule has 0 atom stereocenters. The molecule has 0 spiro atoms. The molecule has 4 rings (SSSR count). The van der Waals surface area contributed by atoms with E-state index < -0.39 is 10.0 Å². The SMILES string of the molecule is CN(Cc1csc2ccccc12)S(=O)(=O)c1cccc(-n2cnnn2)c1. The van der Waals surface area contributed by atoms with Gasteiger partial charge in [0.1, 0.15) is 6.33 Å². The number of hydrogen-bond donors (Lipinski definition) is 0. The standard InChI is InChI=1S/C17H15N5O2S2/c1-21(10-13-11-25-17-8-3-2-7-16(13)17)26(23,24)15-6-4-5-14(9-15)22-12-18-19-20-22/h2-9,11-12H,10H2,1H3. The normalized spacial score (nSPS) is 12.1. The van der Waals surface area contributed by atoms with Gasteiger partial charge in [0.25, 0.3) is 0 Å². The predicted molar refractivity (Wildman–Crippen MR) is 99.6 cm³/mol. The monoisotopic (exact) mass is 385 g/mol. The van der Waals surface area contributed by atoms with Gasteiger partial charge in [0.2, 0.25) is 10.0 Å². The van der Waals surface area contributed by atoms with Crippen LogP contribution in [0.5, 0.6) is 0 Å². The van der Waals surface area contributed by atoms with Crippen molar-refractivity contribution < 1.29 is 8.42 Å². The van der Waals surface area contributed by atoms with Crippen LogP contribution in [-0.4, -0.2) is 40.0 Å². The zero-order chi connectivity index (χ0) is 18.1. The average Bonchev–Trinajstić information content (AvgIpc) is 3.32. The molecule has 0 aliphatic heterocycles. The molecule has 0 bridgehead atoms. The molecule has 0 amide bonds. The Bertz CT molecular complexity index is 1150. The van der Waals surface area contributed by atoms with Crippen molar-refractivity contribution in [3.8, 4) is 5.69 Å². The minimum atomic E-state index is -3.64. The second-order valence-electron chi connectivity index (χ2n) is 5.77. The molecule has 0 aliphatic rings. The van der Waals surface area contributed by atoms with Gasteiger partial charge in [-0.15, -0.1) is 16.4 Å². The minimum absolute atomic E-state index is 0.201. The zero-order valence-corrected chi connectivity index (χ0v) is 15.5. The number of hydrogen-bond acceptors (Lipinski definition) is 6. The molecular weight excluding hydrogens is 370 g/mol. The maximum Gasteiger partial charge on any atom is 0.243 e. The molecule has 0 aliphatic carbocycles. The van der Waals surface area contributed by atoms with Gasteiger partial charge in [0.05, 0.1) is 10.6 Å². The van der Waals surface area contributed by atoms with Gasteiger partial charge in [-0.25, -0.2) is 13.1 Å². The number of aromatic nitrogens is 4. The van der Waals surface area contributed by atoms with Crippen molar-refractivity contribution in [2.75, 3.05) is 7.05 Å². The molecule has 2 heterocycles. The van der Waals surface area contributed by atoms with E-state index in [1.807, 2.05) is 29.6 Å². The van der Waals surface area contributed by atoms with Crippen molar-refractivity contribution in [3.63, 3.8) is 0 Å². The van der Waals surface area contributed by atoms with E-state index in [1.165, 1.54) is 15.3 Å². The lowest BCUT2D eigenvalue weighted by atomic mass is 10.2. The maximum absolute atomic E-state index is 13.0. The van der Waals surface area contributed by atoms with Crippen LogP contribution in [0.3, 0.4) is 0 Å². The number of tetrazole rings is 1. The molecule has 0 N–H and O–H groups in total. The molecule has 7 nitrogen and oxygen atoms in total. The van der Waals surface area contributed by atoms with Gasteiger partial charge >= 0.3 is 0 Å². The Morgan fingerprint density at radius 2 is 2.00 bits per heavy atom. The van der Waals surface area contributed by atoms with Gasteiger partial charge < -0.3 is 0 Å². The van der Waals surface area contributed by atoms with Crippen LogP contribution < -0.4 is 0 Å². The molecule has 2 aromatic heterocycles. The minimum Gasteiger partial charge on any atom is -0.207 e. The number of thiophene rings is 1. The van der Waals surface area contributed by atoms with Crippen molar-refractivity contribution in [2.45, 2.75) is 11.4 Å². The first-order chi connectivity index (χ1) is 12.6. The molecule has 132 valence electrons. The molecule has 26 heavy (non-hydrogen) atoms. The number of rotatable bonds is 5. The number of sulfonamides is 1. The van der Waals surface area contributed by atoms with E-state index in [1.54, 1.807) is 42.6 Å². The highest BCUT2D eigenvalue weighted by Crippen LogP contribution is 2.28. The van der Waals surface area contributed by atoms with E-state index in [4.69, 9.17) is 0 Å². The lowest BCUT2D eigenvalue weighted by Gasteiger charge is -2.17. The fraction of sp³-hybridized carbons (Fsp3) is 0.118. The summed E-state index contributed by atoms with van der Waals surface area (Å²) in [5.74, 6) is 0. The Hall–Kier alpha value is -2.62. The molecule has 0 radical (unpaired) electrons. The first-order valence-corrected chi connectivity index (χ1v) is 10.1. The Labute approximate surface area is 154 Å². The molecule has 4 aromatic rings. The lowest BCUT2D eigenvalue weighted by Crippen LogP contribution is -2.26. The van der Waals surface area contributed by atoms with Crippen LogP contribution in [0.2, 0.25) is 0 Å². The highest BCUT2D eigenvalue weighted by Gasteiger charge is 2.22. The largest absolute Gasteiger partial charge is 0.243 e. The Balaban J connectivity index is 1.65. The summed E-state index contributed by atoms with van der Waals surface area (Å²) in [6, 6.07) is 14.6. The van der Waals surface area contributed by atoms with Gasteiger partial charge in [-0.1, -0.05) is 24.3 Å². The van der Waals surface area contributed by atoms with Gasteiger partial charge in [-0.2, -0.15) is 4.31 Å². The van der Waals surface area contributed by atoms with E-state index in [0.717, 1.165) is 15.6 Å². The Morgan fingerprint density at radius 3 is 2.81 bits per heavy atom. The van der Waals surface area contributed by atoms with Crippen LogP contribution >= 0.6 is 11.3 Å². The molecule has 9 heteroatoms. The fourth-order valence-electron chi connectivity index (χ4n) is 2.73. The summed E-state index contributed by atoms with van der Waals surface area (Å²) in [5.41, 5.74) is 1.58. The first-order valence-electron chi connectivity index (χ1n) is 7.80. The van der Waals surface area contributed by atoms with Crippen LogP contribution in [0.15, 0.2) is 65.1 Å². The summed E-state index contributed by atoms with van der Waals surface area (Å²) in [6.45, 7) is 0.307. The summed E-state index contributed by atoms with van der Waals surface area (Å²) >= 11 is 1.62. The number of benzene rings is 2. The third-order valence-electron chi connectivity index (χ3n) is 4.09. The van der Waals surface area contributed by atoms with E-state index in [0.29, 0.717) is 12.2 Å². The van der Waals surface area contributed by atoms with Gasteiger partial charge in [0, 0.05) is 18.3 Å². The average molecular weight is 385 g/mol. The quantitative estimate of drug-likeness (QED) is 0.528. The van der Waals surface area contributed by atoms with Crippen LogP contribution in [0.4, 0.5) is 0 Å². The third kappa shape index (κ3) is 3.00. The van der Waals surface area contributed by atoms with Crippen LogP contribution in [0.25, 0.3) is 15.8 Å². The van der Waals surface area contributed by atoms with Crippen molar-refractivity contribution in [3.05, 3.63) is 65.8 Å². The van der Waals surface area contributed by atoms with Crippen LogP contribution in [0.1, 0.15) is 5.56 Å².